The lowest BCUT2D eigenvalue weighted by Crippen LogP contribution is -1.96. The van der Waals surface area contributed by atoms with Crippen molar-refractivity contribution in [2.75, 3.05) is 0 Å². The first-order valence-electron chi connectivity index (χ1n) is 3.13. The Hall–Kier alpha value is -0.640. The zero-order valence-corrected chi connectivity index (χ0v) is 6.54. The van der Waals surface area contributed by atoms with E-state index in [1.54, 1.807) is 6.07 Å². The van der Waals surface area contributed by atoms with Gasteiger partial charge in [-0.05, 0) is 6.07 Å². The van der Waals surface area contributed by atoms with E-state index in [0.717, 1.165) is 0 Å². The molecule has 60 valence electrons. The van der Waals surface area contributed by atoms with E-state index in [1.165, 1.54) is 6.20 Å². The summed E-state index contributed by atoms with van der Waals surface area (Å²) in [6.07, 6.45) is 1.44. The van der Waals surface area contributed by atoms with E-state index in [1.807, 2.05) is 0 Å². The third-order valence-electron chi connectivity index (χ3n) is 1.35. The normalized spacial score (nSPS) is 10.1. The highest BCUT2D eigenvalue weighted by molar-refractivity contribution is 6.30. The summed E-state index contributed by atoms with van der Waals surface area (Å²) in [4.78, 5) is 3.83. The molecule has 0 unspecified atom stereocenters. The summed E-state index contributed by atoms with van der Waals surface area (Å²) in [5.41, 5.74) is 1.04. The van der Waals surface area contributed by atoms with E-state index in [9.17, 15) is 0 Å². The molecule has 3 nitrogen and oxygen atoms in total. The van der Waals surface area contributed by atoms with E-state index in [0.29, 0.717) is 16.3 Å². The zero-order valence-electron chi connectivity index (χ0n) is 5.79. The van der Waals surface area contributed by atoms with Crippen molar-refractivity contribution in [3.05, 3.63) is 28.5 Å². The molecule has 0 fully saturated rings. The standard InChI is InChI=1S/C7H8ClNO2/c8-6-1-5(3-10)7(4-11)9-2-6/h1-2,10-11H,3-4H2. The van der Waals surface area contributed by atoms with Gasteiger partial charge in [0.15, 0.2) is 0 Å². The van der Waals surface area contributed by atoms with Crippen LogP contribution in [0.4, 0.5) is 0 Å². The summed E-state index contributed by atoms with van der Waals surface area (Å²) in [6.45, 7) is -0.323. The highest BCUT2D eigenvalue weighted by atomic mass is 35.5. The average molecular weight is 174 g/mol. The maximum atomic E-state index is 8.76. The third kappa shape index (κ3) is 1.89. The number of hydrogen-bond acceptors (Lipinski definition) is 3. The number of hydrogen-bond donors (Lipinski definition) is 2. The molecule has 0 aromatic carbocycles. The highest BCUT2D eigenvalue weighted by Gasteiger charge is 2.01. The predicted octanol–water partition coefficient (Wildman–Crippen LogP) is 0.720. The van der Waals surface area contributed by atoms with Gasteiger partial charge in [-0.25, -0.2) is 0 Å². The molecule has 0 saturated carbocycles. The number of rotatable bonds is 2. The molecule has 11 heavy (non-hydrogen) atoms. The van der Waals surface area contributed by atoms with Crippen LogP contribution in [0.3, 0.4) is 0 Å². The lowest BCUT2D eigenvalue weighted by atomic mass is 10.2. The Morgan fingerprint density at radius 3 is 2.64 bits per heavy atom. The Morgan fingerprint density at radius 2 is 2.09 bits per heavy atom. The molecule has 0 aliphatic carbocycles. The molecular formula is C7H8ClNO2. The first-order chi connectivity index (χ1) is 5.27. The number of aliphatic hydroxyl groups excluding tert-OH is 2. The van der Waals surface area contributed by atoms with E-state index < -0.39 is 0 Å². The molecule has 1 aromatic heterocycles. The fraction of sp³-hybridized carbons (Fsp3) is 0.286. The molecule has 0 radical (unpaired) electrons. The summed E-state index contributed by atoms with van der Waals surface area (Å²) in [5.74, 6) is 0. The van der Waals surface area contributed by atoms with E-state index >= 15 is 0 Å². The van der Waals surface area contributed by atoms with Crippen molar-refractivity contribution >= 4 is 11.6 Å². The maximum absolute atomic E-state index is 8.76. The molecule has 0 aliphatic heterocycles. The first kappa shape index (κ1) is 8.46. The van der Waals surface area contributed by atoms with Crippen LogP contribution in [0, 0.1) is 0 Å². The van der Waals surface area contributed by atoms with Crippen molar-refractivity contribution in [1.29, 1.82) is 0 Å². The number of aliphatic hydroxyl groups is 2. The quantitative estimate of drug-likeness (QED) is 0.693. The van der Waals surface area contributed by atoms with Crippen LogP contribution in [0.15, 0.2) is 12.3 Å². The van der Waals surface area contributed by atoms with Gasteiger partial charge in [0.2, 0.25) is 0 Å². The van der Waals surface area contributed by atoms with Gasteiger partial charge < -0.3 is 10.2 Å². The van der Waals surface area contributed by atoms with Crippen LogP contribution < -0.4 is 0 Å². The molecule has 0 spiro atoms. The van der Waals surface area contributed by atoms with Crippen LogP contribution >= 0.6 is 11.6 Å². The van der Waals surface area contributed by atoms with E-state index in [2.05, 4.69) is 4.98 Å². The minimum absolute atomic E-state index is 0.149. The van der Waals surface area contributed by atoms with Crippen molar-refractivity contribution < 1.29 is 10.2 Å². The van der Waals surface area contributed by atoms with Gasteiger partial charge in [-0.15, -0.1) is 0 Å². The van der Waals surface area contributed by atoms with Gasteiger partial charge in [0.1, 0.15) is 0 Å². The van der Waals surface area contributed by atoms with Crippen molar-refractivity contribution in [3.63, 3.8) is 0 Å². The lowest BCUT2D eigenvalue weighted by Gasteiger charge is -2.02. The summed E-state index contributed by atoms with van der Waals surface area (Å²) >= 11 is 5.60. The van der Waals surface area contributed by atoms with Gasteiger partial charge in [0.25, 0.3) is 0 Å². The number of pyridine rings is 1. The first-order valence-corrected chi connectivity index (χ1v) is 3.50. The number of halogens is 1. The molecule has 1 aromatic rings. The Balaban J connectivity index is 3.06. The Kier molecular flexibility index (Phi) is 2.82. The smallest absolute Gasteiger partial charge is 0.0856 e. The molecule has 0 aliphatic rings. The SMILES string of the molecule is OCc1cc(Cl)cnc1CO. The molecule has 0 amide bonds. The van der Waals surface area contributed by atoms with Crippen molar-refractivity contribution in [2.45, 2.75) is 13.2 Å². The van der Waals surface area contributed by atoms with Gasteiger partial charge >= 0.3 is 0 Å². The molecule has 0 bridgehead atoms. The summed E-state index contributed by atoms with van der Waals surface area (Å²) in [7, 11) is 0. The van der Waals surface area contributed by atoms with Gasteiger partial charge in [-0.1, -0.05) is 11.6 Å². The summed E-state index contributed by atoms with van der Waals surface area (Å²) < 4.78 is 0. The minimum Gasteiger partial charge on any atom is -0.392 e. The second-order valence-electron chi connectivity index (χ2n) is 2.08. The lowest BCUT2D eigenvalue weighted by molar-refractivity contribution is 0.256. The van der Waals surface area contributed by atoms with Crippen LogP contribution in [-0.2, 0) is 13.2 Å². The monoisotopic (exact) mass is 173 g/mol. The van der Waals surface area contributed by atoms with Gasteiger partial charge in [-0.2, -0.15) is 0 Å². The Morgan fingerprint density at radius 1 is 1.36 bits per heavy atom. The van der Waals surface area contributed by atoms with Gasteiger partial charge in [0, 0.05) is 11.8 Å². The fourth-order valence-electron chi connectivity index (χ4n) is 0.789. The van der Waals surface area contributed by atoms with Gasteiger partial charge in [0.05, 0.1) is 23.9 Å². The van der Waals surface area contributed by atoms with Gasteiger partial charge in [-0.3, -0.25) is 4.98 Å². The van der Waals surface area contributed by atoms with Crippen LogP contribution in [0.2, 0.25) is 5.02 Å². The van der Waals surface area contributed by atoms with Crippen LogP contribution in [0.5, 0.6) is 0 Å². The summed E-state index contributed by atoms with van der Waals surface area (Å²) in [6, 6.07) is 1.58. The number of aromatic nitrogens is 1. The van der Waals surface area contributed by atoms with Crippen molar-refractivity contribution in [3.8, 4) is 0 Å². The van der Waals surface area contributed by atoms with E-state index in [4.69, 9.17) is 21.8 Å². The molecular weight excluding hydrogens is 166 g/mol. The minimum atomic E-state index is -0.174. The zero-order chi connectivity index (χ0) is 8.27. The molecule has 1 rings (SSSR count). The average Bonchev–Trinajstić information content (AvgIpc) is 2.04. The molecule has 0 saturated heterocycles. The Labute approximate surface area is 69.3 Å². The molecule has 0 atom stereocenters. The highest BCUT2D eigenvalue weighted by Crippen LogP contribution is 2.12. The largest absolute Gasteiger partial charge is 0.392 e. The fourth-order valence-corrected chi connectivity index (χ4v) is 0.969. The topological polar surface area (TPSA) is 53.4 Å². The van der Waals surface area contributed by atoms with Crippen molar-refractivity contribution in [2.24, 2.45) is 0 Å². The summed E-state index contributed by atoms with van der Waals surface area (Å²) in [5, 5.41) is 18.0. The third-order valence-corrected chi connectivity index (χ3v) is 1.55. The number of nitrogens with zero attached hydrogens (tertiary/aromatic N) is 1. The predicted molar refractivity (Wildman–Crippen MR) is 41.1 cm³/mol. The molecule has 4 heteroatoms. The van der Waals surface area contributed by atoms with E-state index in [-0.39, 0.29) is 13.2 Å². The van der Waals surface area contributed by atoms with Crippen LogP contribution in [0.25, 0.3) is 0 Å². The van der Waals surface area contributed by atoms with Crippen molar-refractivity contribution in [1.82, 2.24) is 4.98 Å². The molecule has 1 heterocycles. The second kappa shape index (κ2) is 3.67. The molecule has 2 N–H and O–H groups in total. The maximum Gasteiger partial charge on any atom is 0.0856 e. The van der Waals surface area contributed by atoms with Crippen LogP contribution in [-0.4, -0.2) is 15.2 Å². The second-order valence-corrected chi connectivity index (χ2v) is 2.51. The Bertz CT molecular complexity index is 252. The van der Waals surface area contributed by atoms with Crippen LogP contribution in [0.1, 0.15) is 11.3 Å².